The molecule has 0 saturated carbocycles. The lowest BCUT2D eigenvalue weighted by Gasteiger charge is -2.40. The van der Waals surface area contributed by atoms with Crippen LogP contribution in [-0.4, -0.2) is 48.9 Å². The molecule has 1 aromatic rings. The van der Waals surface area contributed by atoms with E-state index in [0.717, 1.165) is 19.6 Å². The number of amides is 1. The summed E-state index contributed by atoms with van der Waals surface area (Å²) in [5.41, 5.74) is 6.85. The van der Waals surface area contributed by atoms with Gasteiger partial charge in [-0.1, -0.05) is 37.3 Å². The lowest BCUT2D eigenvalue weighted by molar-refractivity contribution is -0.137. The molecular weight excluding hydrogens is 250 g/mol. The van der Waals surface area contributed by atoms with Crippen molar-refractivity contribution in [2.24, 2.45) is 11.7 Å². The molecule has 1 aliphatic heterocycles. The van der Waals surface area contributed by atoms with Gasteiger partial charge in [-0.25, -0.2) is 0 Å². The van der Waals surface area contributed by atoms with Crippen molar-refractivity contribution in [3.63, 3.8) is 0 Å². The van der Waals surface area contributed by atoms with E-state index in [1.54, 1.807) is 0 Å². The molecule has 1 heterocycles. The lowest BCUT2D eigenvalue weighted by atomic mass is 10.0. The van der Waals surface area contributed by atoms with Gasteiger partial charge in [0.05, 0.1) is 6.04 Å². The van der Waals surface area contributed by atoms with E-state index in [1.165, 1.54) is 5.56 Å². The molecule has 4 nitrogen and oxygen atoms in total. The van der Waals surface area contributed by atoms with Crippen LogP contribution in [0.1, 0.15) is 24.9 Å². The molecule has 2 atom stereocenters. The summed E-state index contributed by atoms with van der Waals surface area (Å²) in [6.07, 6.45) is 0.545. The van der Waals surface area contributed by atoms with E-state index in [0.29, 0.717) is 13.0 Å². The van der Waals surface area contributed by atoms with E-state index < -0.39 is 0 Å². The van der Waals surface area contributed by atoms with Crippen LogP contribution < -0.4 is 5.73 Å². The molecule has 2 N–H and O–H groups in total. The van der Waals surface area contributed by atoms with Crippen LogP contribution in [0, 0.1) is 5.92 Å². The Hall–Kier alpha value is -1.39. The molecule has 0 aromatic heterocycles. The van der Waals surface area contributed by atoms with Crippen LogP contribution in [0.3, 0.4) is 0 Å². The number of carbonyl (C=O) groups is 1. The van der Waals surface area contributed by atoms with Crippen molar-refractivity contribution < 1.29 is 4.79 Å². The van der Waals surface area contributed by atoms with Crippen LogP contribution in [0.25, 0.3) is 0 Å². The molecule has 1 aliphatic rings. The molecule has 0 radical (unpaired) electrons. The third-order valence-corrected chi connectivity index (χ3v) is 4.01. The minimum atomic E-state index is 0.160. The maximum Gasteiger partial charge on any atom is 0.223 e. The molecule has 110 valence electrons. The molecule has 20 heavy (non-hydrogen) atoms. The summed E-state index contributed by atoms with van der Waals surface area (Å²) in [6, 6.07) is 10.5. The van der Waals surface area contributed by atoms with E-state index >= 15 is 0 Å². The Labute approximate surface area is 121 Å². The van der Waals surface area contributed by atoms with E-state index in [9.17, 15) is 4.79 Å². The molecule has 1 fully saturated rings. The number of hydrogen-bond donors (Lipinski definition) is 1. The van der Waals surface area contributed by atoms with Gasteiger partial charge in [0.2, 0.25) is 5.91 Å². The number of hydrogen-bond acceptors (Lipinski definition) is 3. The first kappa shape index (κ1) is 15.0. The second-order valence-electron chi connectivity index (χ2n) is 5.82. The summed E-state index contributed by atoms with van der Waals surface area (Å²) >= 11 is 0. The van der Waals surface area contributed by atoms with Crippen molar-refractivity contribution in [2.45, 2.75) is 19.4 Å². The van der Waals surface area contributed by atoms with Gasteiger partial charge in [-0.05, 0) is 25.1 Å². The fraction of sp³-hybridized carbons (Fsp3) is 0.562. The number of likely N-dealkylation sites (N-methyl/N-ethyl adjacent to an activating group) is 1. The zero-order chi connectivity index (χ0) is 14.5. The SMILES string of the molecule is CC(CN)CC(=O)N1CCN(C)CC1c1ccccc1. The largest absolute Gasteiger partial charge is 0.333 e. The number of piperazine rings is 1. The molecule has 2 rings (SSSR count). The average Bonchev–Trinajstić information content (AvgIpc) is 2.47. The average molecular weight is 275 g/mol. The second kappa shape index (κ2) is 6.86. The maximum absolute atomic E-state index is 12.5. The number of carbonyl (C=O) groups excluding carboxylic acids is 1. The van der Waals surface area contributed by atoms with Gasteiger partial charge in [0.25, 0.3) is 0 Å². The Morgan fingerprint density at radius 2 is 2.05 bits per heavy atom. The molecule has 1 amide bonds. The molecule has 4 heteroatoms. The van der Waals surface area contributed by atoms with Crippen LogP contribution in [0.5, 0.6) is 0 Å². The Morgan fingerprint density at radius 3 is 2.70 bits per heavy atom. The summed E-state index contributed by atoms with van der Waals surface area (Å²) in [4.78, 5) is 16.8. The highest BCUT2D eigenvalue weighted by Gasteiger charge is 2.30. The number of nitrogens with zero attached hydrogens (tertiary/aromatic N) is 2. The smallest absolute Gasteiger partial charge is 0.223 e. The van der Waals surface area contributed by atoms with Crippen molar-refractivity contribution >= 4 is 5.91 Å². The van der Waals surface area contributed by atoms with Crippen molar-refractivity contribution in [3.8, 4) is 0 Å². The first-order valence-electron chi connectivity index (χ1n) is 7.35. The second-order valence-corrected chi connectivity index (χ2v) is 5.82. The predicted molar refractivity (Wildman–Crippen MR) is 81.2 cm³/mol. The Bertz CT molecular complexity index is 435. The zero-order valence-electron chi connectivity index (χ0n) is 12.5. The van der Waals surface area contributed by atoms with Gasteiger partial charge in [0.1, 0.15) is 0 Å². The number of rotatable bonds is 4. The normalized spacial score (nSPS) is 21.8. The van der Waals surface area contributed by atoms with Crippen LogP contribution >= 0.6 is 0 Å². The van der Waals surface area contributed by atoms with Gasteiger partial charge in [-0.2, -0.15) is 0 Å². The minimum absolute atomic E-state index is 0.160. The first-order chi connectivity index (χ1) is 9.61. The summed E-state index contributed by atoms with van der Waals surface area (Å²) < 4.78 is 0. The highest BCUT2D eigenvalue weighted by molar-refractivity contribution is 5.77. The third kappa shape index (κ3) is 3.58. The van der Waals surface area contributed by atoms with Gasteiger partial charge in [0, 0.05) is 26.1 Å². The van der Waals surface area contributed by atoms with Gasteiger partial charge in [-0.3, -0.25) is 4.79 Å². The summed E-state index contributed by atoms with van der Waals surface area (Å²) in [5.74, 6) is 0.475. The van der Waals surface area contributed by atoms with Crippen molar-refractivity contribution in [2.75, 3.05) is 33.2 Å². The summed E-state index contributed by atoms with van der Waals surface area (Å²) in [5, 5.41) is 0. The molecule has 0 bridgehead atoms. The maximum atomic E-state index is 12.5. The fourth-order valence-corrected chi connectivity index (χ4v) is 2.68. The Morgan fingerprint density at radius 1 is 1.35 bits per heavy atom. The van der Waals surface area contributed by atoms with Gasteiger partial charge in [-0.15, -0.1) is 0 Å². The third-order valence-electron chi connectivity index (χ3n) is 4.01. The highest BCUT2D eigenvalue weighted by Crippen LogP contribution is 2.26. The molecular formula is C16H25N3O. The molecule has 0 aliphatic carbocycles. The Kier molecular flexibility index (Phi) is 5.15. The van der Waals surface area contributed by atoms with Crippen LogP contribution in [-0.2, 0) is 4.79 Å². The van der Waals surface area contributed by atoms with Crippen molar-refractivity contribution in [3.05, 3.63) is 35.9 Å². The molecule has 2 unspecified atom stereocenters. The van der Waals surface area contributed by atoms with E-state index in [1.807, 2.05) is 30.0 Å². The molecule has 0 spiro atoms. The monoisotopic (exact) mass is 275 g/mol. The van der Waals surface area contributed by atoms with Crippen molar-refractivity contribution in [1.29, 1.82) is 0 Å². The minimum Gasteiger partial charge on any atom is -0.333 e. The fourth-order valence-electron chi connectivity index (χ4n) is 2.68. The van der Waals surface area contributed by atoms with Crippen LogP contribution in [0.2, 0.25) is 0 Å². The standard InChI is InChI=1S/C16H25N3O/c1-13(11-17)10-16(20)19-9-8-18(2)12-15(19)14-6-4-3-5-7-14/h3-7,13,15H,8-12,17H2,1-2H3. The van der Waals surface area contributed by atoms with Gasteiger partial charge >= 0.3 is 0 Å². The number of nitrogens with two attached hydrogens (primary N) is 1. The topological polar surface area (TPSA) is 49.6 Å². The van der Waals surface area contributed by atoms with Crippen LogP contribution in [0.15, 0.2) is 30.3 Å². The lowest BCUT2D eigenvalue weighted by Crippen LogP contribution is -2.49. The van der Waals surface area contributed by atoms with Gasteiger partial charge < -0.3 is 15.5 Å². The van der Waals surface area contributed by atoms with E-state index in [4.69, 9.17) is 5.73 Å². The van der Waals surface area contributed by atoms with Crippen molar-refractivity contribution in [1.82, 2.24) is 9.80 Å². The summed E-state index contributed by atoms with van der Waals surface area (Å²) in [6.45, 7) is 5.23. The van der Waals surface area contributed by atoms with Crippen LogP contribution in [0.4, 0.5) is 0 Å². The summed E-state index contributed by atoms with van der Waals surface area (Å²) in [7, 11) is 2.11. The predicted octanol–water partition coefficient (Wildman–Crippen LogP) is 1.49. The molecule has 1 aromatic carbocycles. The quantitative estimate of drug-likeness (QED) is 0.905. The molecule has 1 saturated heterocycles. The zero-order valence-corrected chi connectivity index (χ0v) is 12.5. The Balaban J connectivity index is 2.14. The first-order valence-corrected chi connectivity index (χ1v) is 7.35. The van der Waals surface area contributed by atoms with Gasteiger partial charge in [0.15, 0.2) is 0 Å². The highest BCUT2D eigenvalue weighted by atomic mass is 16.2. The van der Waals surface area contributed by atoms with E-state index in [-0.39, 0.29) is 17.9 Å². The number of benzene rings is 1. The van der Waals surface area contributed by atoms with E-state index in [2.05, 4.69) is 24.1 Å².